The van der Waals surface area contributed by atoms with Gasteiger partial charge in [-0.3, -0.25) is 9.80 Å². The molecule has 0 aromatic heterocycles. The Morgan fingerprint density at radius 1 is 0.941 bits per heavy atom. The van der Waals surface area contributed by atoms with Crippen LogP contribution in [0.2, 0.25) is 0 Å². The lowest BCUT2D eigenvalue weighted by molar-refractivity contribution is -0.0269. The van der Waals surface area contributed by atoms with E-state index in [4.69, 9.17) is 4.74 Å². The molecule has 3 saturated heterocycles. The van der Waals surface area contributed by atoms with Crippen molar-refractivity contribution in [2.45, 2.75) is 50.7 Å². The average molecular weight is 238 g/mol. The third-order valence-corrected chi connectivity index (χ3v) is 4.66. The Kier molecular flexibility index (Phi) is 3.99. The largest absolute Gasteiger partial charge is 0.377 e. The lowest BCUT2D eigenvalue weighted by Crippen LogP contribution is -2.56. The Morgan fingerprint density at radius 3 is 2.76 bits per heavy atom. The molecular weight excluding hydrogens is 212 g/mol. The molecule has 3 aliphatic heterocycles. The SMILES string of the molecule is C1CCC(CN2CCN3CCCCC3C2)OC1. The molecule has 3 rings (SSSR count). The van der Waals surface area contributed by atoms with Crippen molar-refractivity contribution in [2.24, 2.45) is 0 Å². The second kappa shape index (κ2) is 5.68. The maximum absolute atomic E-state index is 5.86. The number of hydrogen-bond donors (Lipinski definition) is 0. The zero-order valence-corrected chi connectivity index (χ0v) is 10.9. The highest BCUT2D eigenvalue weighted by Crippen LogP contribution is 2.22. The second-order valence-electron chi connectivity index (χ2n) is 5.93. The maximum atomic E-state index is 5.86. The summed E-state index contributed by atoms with van der Waals surface area (Å²) in [5, 5.41) is 0. The van der Waals surface area contributed by atoms with E-state index >= 15 is 0 Å². The van der Waals surface area contributed by atoms with Crippen LogP contribution in [0.1, 0.15) is 38.5 Å². The van der Waals surface area contributed by atoms with Gasteiger partial charge in [0.2, 0.25) is 0 Å². The fourth-order valence-electron chi connectivity index (χ4n) is 3.63. The van der Waals surface area contributed by atoms with Gasteiger partial charge < -0.3 is 4.74 Å². The van der Waals surface area contributed by atoms with Gasteiger partial charge in [-0.15, -0.1) is 0 Å². The third-order valence-electron chi connectivity index (χ3n) is 4.66. The van der Waals surface area contributed by atoms with Gasteiger partial charge in [-0.25, -0.2) is 0 Å². The molecule has 0 aliphatic carbocycles. The van der Waals surface area contributed by atoms with E-state index in [9.17, 15) is 0 Å². The molecule has 0 spiro atoms. The zero-order chi connectivity index (χ0) is 11.5. The van der Waals surface area contributed by atoms with Crippen molar-refractivity contribution in [2.75, 3.05) is 39.3 Å². The minimum absolute atomic E-state index is 0.527. The van der Waals surface area contributed by atoms with E-state index in [2.05, 4.69) is 9.80 Å². The molecule has 3 heterocycles. The summed E-state index contributed by atoms with van der Waals surface area (Å²) in [6.07, 6.45) is 8.73. The van der Waals surface area contributed by atoms with Gasteiger partial charge in [0.1, 0.15) is 0 Å². The van der Waals surface area contributed by atoms with Crippen LogP contribution in [0.4, 0.5) is 0 Å². The van der Waals surface area contributed by atoms with Crippen LogP contribution in [-0.2, 0) is 4.74 Å². The molecule has 0 radical (unpaired) electrons. The Morgan fingerprint density at radius 2 is 1.88 bits per heavy atom. The minimum atomic E-state index is 0.527. The van der Waals surface area contributed by atoms with Crippen LogP contribution in [0.3, 0.4) is 0 Å². The molecule has 98 valence electrons. The van der Waals surface area contributed by atoms with Crippen molar-refractivity contribution in [1.82, 2.24) is 9.80 Å². The van der Waals surface area contributed by atoms with Crippen LogP contribution in [0.15, 0.2) is 0 Å². The predicted octanol–water partition coefficient (Wildman–Crippen LogP) is 1.73. The van der Waals surface area contributed by atoms with Crippen molar-refractivity contribution < 1.29 is 4.74 Å². The van der Waals surface area contributed by atoms with Gasteiger partial charge in [0.15, 0.2) is 0 Å². The van der Waals surface area contributed by atoms with E-state index in [1.54, 1.807) is 0 Å². The van der Waals surface area contributed by atoms with E-state index in [0.717, 1.165) is 12.6 Å². The Balaban J connectivity index is 1.48. The van der Waals surface area contributed by atoms with Crippen LogP contribution in [0.5, 0.6) is 0 Å². The van der Waals surface area contributed by atoms with Crippen LogP contribution in [0.25, 0.3) is 0 Å². The van der Waals surface area contributed by atoms with E-state index in [0.29, 0.717) is 6.10 Å². The Hall–Kier alpha value is -0.120. The first-order chi connectivity index (χ1) is 8.42. The molecule has 0 aromatic carbocycles. The van der Waals surface area contributed by atoms with Crippen LogP contribution < -0.4 is 0 Å². The molecule has 3 heteroatoms. The zero-order valence-electron chi connectivity index (χ0n) is 10.9. The summed E-state index contributed by atoms with van der Waals surface area (Å²) in [4.78, 5) is 5.37. The van der Waals surface area contributed by atoms with Gasteiger partial charge in [0.25, 0.3) is 0 Å². The van der Waals surface area contributed by atoms with Crippen LogP contribution >= 0.6 is 0 Å². The molecule has 3 aliphatic rings. The van der Waals surface area contributed by atoms with Gasteiger partial charge in [0, 0.05) is 38.8 Å². The summed E-state index contributed by atoms with van der Waals surface area (Å²) in [5.74, 6) is 0. The van der Waals surface area contributed by atoms with E-state index in [-0.39, 0.29) is 0 Å². The number of hydrogen-bond acceptors (Lipinski definition) is 3. The molecular formula is C14H26N2O. The Labute approximate surface area is 105 Å². The van der Waals surface area contributed by atoms with Gasteiger partial charge in [0.05, 0.1) is 6.10 Å². The number of rotatable bonds is 2. The van der Waals surface area contributed by atoms with Crippen LogP contribution in [-0.4, -0.2) is 61.3 Å². The van der Waals surface area contributed by atoms with Gasteiger partial charge >= 0.3 is 0 Å². The molecule has 0 amide bonds. The molecule has 0 saturated carbocycles. The number of nitrogens with zero attached hydrogens (tertiary/aromatic N) is 2. The highest BCUT2D eigenvalue weighted by molar-refractivity contribution is 4.86. The quantitative estimate of drug-likeness (QED) is 0.728. The lowest BCUT2D eigenvalue weighted by atomic mass is 9.99. The van der Waals surface area contributed by atoms with Gasteiger partial charge in [-0.1, -0.05) is 6.42 Å². The van der Waals surface area contributed by atoms with E-state index in [1.165, 1.54) is 71.2 Å². The molecule has 2 atom stereocenters. The predicted molar refractivity (Wildman–Crippen MR) is 69.2 cm³/mol. The standard InChI is InChI=1S/C14H26N2O/c1-3-7-16-9-8-15(11-13(16)5-1)12-14-6-2-4-10-17-14/h13-14H,1-12H2. The van der Waals surface area contributed by atoms with Gasteiger partial charge in [-0.05, 0) is 38.6 Å². The first kappa shape index (κ1) is 11.9. The first-order valence-electron chi connectivity index (χ1n) is 7.50. The van der Waals surface area contributed by atoms with E-state index < -0.39 is 0 Å². The van der Waals surface area contributed by atoms with Crippen molar-refractivity contribution in [3.63, 3.8) is 0 Å². The normalized spacial score (nSPS) is 36.7. The summed E-state index contributed by atoms with van der Waals surface area (Å²) in [6, 6.07) is 0.848. The topological polar surface area (TPSA) is 15.7 Å². The second-order valence-corrected chi connectivity index (χ2v) is 5.93. The van der Waals surface area contributed by atoms with Crippen molar-refractivity contribution >= 4 is 0 Å². The van der Waals surface area contributed by atoms with Crippen LogP contribution in [0, 0.1) is 0 Å². The third kappa shape index (κ3) is 3.01. The molecule has 3 fully saturated rings. The number of piperidine rings is 1. The van der Waals surface area contributed by atoms with E-state index in [1.807, 2.05) is 0 Å². The molecule has 3 nitrogen and oxygen atoms in total. The fraction of sp³-hybridized carbons (Fsp3) is 1.00. The molecule has 2 unspecified atom stereocenters. The maximum Gasteiger partial charge on any atom is 0.0702 e. The van der Waals surface area contributed by atoms with Gasteiger partial charge in [-0.2, -0.15) is 0 Å². The average Bonchev–Trinajstić information content (AvgIpc) is 2.40. The molecule has 0 bridgehead atoms. The highest BCUT2D eigenvalue weighted by atomic mass is 16.5. The van der Waals surface area contributed by atoms with Crippen molar-refractivity contribution in [3.05, 3.63) is 0 Å². The Bertz CT molecular complexity index is 238. The summed E-state index contributed by atoms with van der Waals surface area (Å²) in [7, 11) is 0. The smallest absolute Gasteiger partial charge is 0.0702 e. The number of fused-ring (bicyclic) bond motifs is 1. The molecule has 0 N–H and O–H groups in total. The summed E-state index contributed by atoms with van der Waals surface area (Å²) in [5.41, 5.74) is 0. The summed E-state index contributed by atoms with van der Waals surface area (Å²) < 4.78 is 5.86. The molecule has 17 heavy (non-hydrogen) atoms. The first-order valence-corrected chi connectivity index (χ1v) is 7.50. The monoisotopic (exact) mass is 238 g/mol. The van der Waals surface area contributed by atoms with Crippen molar-refractivity contribution in [3.8, 4) is 0 Å². The summed E-state index contributed by atoms with van der Waals surface area (Å²) >= 11 is 0. The number of ether oxygens (including phenoxy) is 1. The van der Waals surface area contributed by atoms with Crippen molar-refractivity contribution in [1.29, 1.82) is 0 Å². The number of piperazine rings is 1. The fourth-order valence-corrected chi connectivity index (χ4v) is 3.63. The highest BCUT2D eigenvalue weighted by Gasteiger charge is 2.30. The molecule has 0 aromatic rings. The minimum Gasteiger partial charge on any atom is -0.377 e. The lowest BCUT2D eigenvalue weighted by Gasteiger charge is -2.45. The summed E-state index contributed by atoms with van der Waals surface area (Å²) in [6.45, 7) is 7.37.